The van der Waals surface area contributed by atoms with E-state index >= 15 is 0 Å². The number of fused-ring (bicyclic) bond motifs is 30. The smallest absolute Gasteiger partial charge is 0.0755 e. The number of aromatic nitrogens is 2. The topological polar surface area (TPSA) is 16.3 Å². The van der Waals surface area contributed by atoms with Crippen molar-refractivity contribution in [1.29, 1.82) is 0 Å². The molecule has 21 aromatic carbocycles. The fourth-order valence-electron chi connectivity index (χ4n) is 26.0. The molecule has 0 bridgehead atoms. The van der Waals surface area contributed by atoms with Crippen LogP contribution in [0.15, 0.2) is 485 Å². The quantitative estimate of drug-likeness (QED) is 0.121. The van der Waals surface area contributed by atoms with Gasteiger partial charge in [-0.1, -0.05) is 390 Å². The zero-order valence-electron chi connectivity index (χ0n) is 75.0. The summed E-state index contributed by atoms with van der Waals surface area (Å²) < 4.78 is 5.11. The lowest BCUT2D eigenvalue weighted by molar-refractivity contribution is 0.660. The molecule has 29 rings (SSSR count). The zero-order valence-corrected chi connectivity index (χ0v) is 75.0. The van der Waals surface area contributed by atoms with Gasteiger partial charge in [0.25, 0.3) is 0 Å². The predicted octanol–water partition coefficient (Wildman–Crippen LogP) is 33.5. The van der Waals surface area contributed by atoms with Gasteiger partial charge in [-0.25, -0.2) is 0 Å². The van der Waals surface area contributed by atoms with Gasteiger partial charge in [0.15, 0.2) is 0 Å². The Morgan fingerprint density at radius 3 is 1.18 bits per heavy atom. The van der Waals surface area contributed by atoms with Gasteiger partial charge in [-0.05, 0) is 276 Å². The lowest BCUT2D eigenvalue weighted by atomic mass is 9.65. The Hall–Kier alpha value is -17.2. The molecule has 4 aliphatic carbocycles. The van der Waals surface area contributed by atoms with E-state index in [1.54, 1.807) is 0 Å². The summed E-state index contributed by atoms with van der Waals surface area (Å²) in [7, 11) is 0. The van der Waals surface area contributed by atoms with Crippen molar-refractivity contribution in [3.8, 4) is 100 Å². The van der Waals surface area contributed by atoms with Gasteiger partial charge in [0, 0.05) is 61.1 Å². The molecule has 136 heavy (non-hydrogen) atoms. The van der Waals surface area contributed by atoms with Crippen molar-refractivity contribution in [2.45, 2.75) is 35.5 Å². The van der Waals surface area contributed by atoms with Crippen LogP contribution in [0.25, 0.3) is 144 Å². The number of nitrogens with zero attached hydrogens (tertiary/aromatic N) is 4. The number of hydrogen-bond acceptors (Lipinski definition) is 2. The molecular formula is C132H86N4. The van der Waals surface area contributed by atoms with Gasteiger partial charge in [-0.2, -0.15) is 0 Å². The minimum atomic E-state index is -0.653. The van der Waals surface area contributed by atoms with Crippen molar-refractivity contribution in [2.24, 2.45) is 0 Å². The molecule has 4 heteroatoms. The van der Waals surface area contributed by atoms with Crippen LogP contribution in [0, 0.1) is 0 Å². The van der Waals surface area contributed by atoms with Crippen LogP contribution in [0.5, 0.6) is 0 Å². The Morgan fingerprint density at radius 2 is 0.544 bits per heavy atom. The second-order valence-electron chi connectivity index (χ2n) is 38.3. The maximum Gasteiger partial charge on any atom is 0.0755 e. The third kappa shape index (κ3) is 10.3. The van der Waals surface area contributed by atoms with Gasteiger partial charge in [-0.3, -0.25) is 0 Å². The molecule has 3 atom stereocenters. The van der Waals surface area contributed by atoms with E-state index in [0.29, 0.717) is 0 Å². The third-order valence-electron chi connectivity index (χ3n) is 31.6. The van der Waals surface area contributed by atoms with E-state index in [2.05, 4.69) is 518 Å². The van der Waals surface area contributed by atoms with E-state index in [9.17, 15) is 0 Å². The summed E-state index contributed by atoms with van der Waals surface area (Å²) in [6.45, 7) is 4.73. The maximum atomic E-state index is 2.58. The second-order valence-corrected chi connectivity index (χ2v) is 38.3. The van der Waals surface area contributed by atoms with E-state index in [4.69, 9.17) is 0 Å². The van der Waals surface area contributed by atoms with E-state index in [0.717, 1.165) is 45.3 Å². The molecule has 0 radical (unpaired) electrons. The molecule has 0 saturated heterocycles. The van der Waals surface area contributed by atoms with Crippen LogP contribution in [-0.4, -0.2) is 9.13 Å². The first-order valence-corrected chi connectivity index (χ1v) is 47.7. The highest BCUT2D eigenvalue weighted by atomic mass is 15.1. The Labute approximate surface area is 790 Å². The normalized spacial score (nSPS) is 16.3. The van der Waals surface area contributed by atoms with Crippen molar-refractivity contribution in [3.63, 3.8) is 0 Å². The molecular weight excluding hydrogens is 1640 g/mol. The van der Waals surface area contributed by atoms with Crippen molar-refractivity contribution >= 4 is 77.7 Å². The molecule has 4 nitrogen and oxygen atoms in total. The first kappa shape index (κ1) is 76.5. The Bertz CT molecular complexity index is 8990. The monoisotopic (exact) mass is 1730 g/mol. The maximum absolute atomic E-state index is 2.58. The van der Waals surface area contributed by atoms with Crippen molar-refractivity contribution < 1.29 is 0 Å². The highest BCUT2D eigenvalue weighted by Crippen LogP contribution is 2.66. The summed E-state index contributed by atoms with van der Waals surface area (Å²) in [5.41, 5.74) is 49.6. The number of benzene rings is 21. The summed E-state index contributed by atoms with van der Waals surface area (Å²) in [5.74, 6) is 0. The number of para-hydroxylation sites is 6. The van der Waals surface area contributed by atoms with Crippen LogP contribution in [0.3, 0.4) is 0 Å². The van der Waals surface area contributed by atoms with Crippen LogP contribution in [-0.2, 0) is 21.7 Å². The van der Waals surface area contributed by atoms with E-state index in [1.807, 2.05) is 0 Å². The third-order valence-corrected chi connectivity index (χ3v) is 31.6. The van der Waals surface area contributed by atoms with Crippen LogP contribution < -0.4 is 9.80 Å². The zero-order chi connectivity index (χ0) is 89.4. The van der Waals surface area contributed by atoms with Crippen LogP contribution in [0.2, 0.25) is 0 Å². The van der Waals surface area contributed by atoms with Gasteiger partial charge < -0.3 is 18.9 Å². The van der Waals surface area contributed by atoms with E-state index in [-0.39, 0.29) is 5.41 Å². The lowest BCUT2D eigenvalue weighted by Gasteiger charge is -2.40. The molecule has 23 aromatic rings. The molecule has 6 aliphatic rings. The molecule has 0 saturated carbocycles. The first-order valence-electron chi connectivity index (χ1n) is 47.7. The molecule has 0 amide bonds. The molecule has 3 unspecified atom stereocenters. The lowest BCUT2D eigenvalue weighted by Crippen LogP contribution is -2.33. The average molecular weight is 1730 g/mol. The standard InChI is InChI=1S/C132H86N4/c1-129(2)110-43-17-12-35-99(110)102-75-63-89(80-120(102)129)86-59-69-94(70-60-86)134(93-67-57-84(58-68-93)83-29-6-3-7-30-83)96-74-77-114-108(81-96)101-37-14-19-45-112(101)131(114)115-47-21-24-53-124(115)136-123-78-64-88(79-109(123)106-42-28-50-118(131)128(106)136)85-55-65-91(66-56-85)130(90-31-8-4-9-32-90)113-46-20-15-39-107(113)126-98(40-26-49-117(126)130)87-61-71-95(72-62-87)133(92-33-10-5-11-34-92)97-73-76-103-100-36-13-18-44-111(100)132(121(103)82-97)116-48-22-25-54-125(116)135-122-52-23-16-38-104(122)105-41-27-51-119(132)127(105)135/h3-82H,1-2H3. The molecule has 2 aliphatic heterocycles. The molecule has 634 valence electrons. The largest absolute Gasteiger partial charge is 0.310 e. The fraction of sp³-hybridized carbons (Fsp3) is 0.0455. The first-order chi connectivity index (χ1) is 67.2. The molecule has 0 fully saturated rings. The summed E-state index contributed by atoms with van der Waals surface area (Å²) in [6, 6.07) is 184. The van der Waals surface area contributed by atoms with E-state index < -0.39 is 16.2 Å². The summed E-state index contributed by atoms with van der Waals surface area (Å²) in [4.78, 5) is 4.91. The number of rotatable bonds is 12. The summed E-state index contributed by atoms with van der Waals surface area (Å²) in [6.07, 6.45) is 0. The Kier molecular flexibility index (Phi) is 16.1. The highest BCUT2D eigenvalue weighted by Gasteiger charge is 2.54. The van der Waals surface area contributed by atoms with Crippen molar-refractivity contribution in [3.05, 3.63) is 563 Å². The predicted molar refractivity (Wildman–Crippen MR) is 563 cm³/mol. The van der Waals surface area contributed by atoms with Crippen LogP contribution in [0.1, 0.15) is 91.7 Å². The van der Waals surface area contributed by atoms with Gasteiger partial charge in [0.2, 0.25) is 0 Å². The minimum Gasteiger partial charge on any atom is -0.310 e. The van der Waals surface area contributed by atoms with E-state index in [1.165, 1.54) is 211 Å². The number of hydrogen-bond donors (Lipinski definition) is 0. The average Bonchev–Trinajstić information content (AvgIpc) is 1.50. The molecule has 2 aromatic heterocycles. The minimum absolute atomic E-state index is 0.0981. The van der Waals surface area contributed by atoms with Crippen LogP contribution in [0.4, 0.5) is 34.1 Å². The van der Waals surface area contributed by atoms with Crippen molar-refractivity contribution in [2.75, 3.05) is 9.80 Å². The number of anilines is 6. The van der Waals surface area contributed by atoms with Gasteiger partial charge in [0.05, 0.1) is 49.7 Å². The highest BCUT2D eigenvalue weighted by molar-refractivity contribution is 6.16. The Morgan fingerprint density at radius 1 is 0.176 bits per heavy atom. The van der Waals surface area contributed by atoms with Crippen molar-refractivity contribution in [1.82, 2.24) is 9.13 Å². The summed E-state index contributed by atoms with van der Waals surface area (Å²) >= 11 is 0. The second kappa shape index (κ2) is 28.7. The summed E-state index contributed by atoms with van der Waals surface area (Å²) in [5, 5.41) is 5.00. The Balaban J connectivity index is 0.525. The fourth-order valence-corrected chi connectivity index (χ4v) is 26.0. The molecule has 4 heterocycles. The molecule has 0 N–H and O–H groups in total. The van der Waals surface area contributed by atoms with Crippen LogP contribution >= 0.6 is 0 Å². The molecule has 2 spiro atoms. The van der Waals surface area contributed by atoms with Gasteiger partial charge in [0.1, 0.15) is 0 Å². The van der Waals surface area contributed by atoms with Gasteiger partial charge in [-0.15, -0.1) is 0 Å². The van der Waals surface area contributed by atoms with Gasteiger partial charge >= 0.3 is 0 Å². The SMILES string of the molecule is CC1(C)c2ccccc2-c2ccc(-c3ccc(N(c4ccc(-c5ccccc5)cc4)c4ccc5c(c4)-c4ccccc4C54c5ccccc5-n5c6ccc(-c7ccc(C8(c9ccccc9)c9ccccc9-c9c(-c%10ccc(N(c%11ccccc%11)c%11ccc%12c(c%11)C%11(c%13ccccc%13-%12)c%12ccccc%12-n%12c%13ccccc%13c%13cccc%11c%13%12)cc%10)cccc98)cc7)cc6c6cccc4c65)cc3)cc21.